The number of hydrogen-bond donors (Lipinski definition) is 3. The average Bonchev–Trinajstić information content (AvgIpc) is 3.14. The van der Waals surface area contributed by atoms with Crippen LogP contribution in [0.3, 0.4) is 0 Å². The highest BCUT2D eigenvalue weighted by atomic mass is 31.2. The molecule has 0 fully saturated rings. The van der Waals surface area contributed by atoms with Crippen molar-refractivity contribution >= 4 is 19.8 Å². The van der Waals surface area contributed by atoms with Gasteiger partial charge < -0.3 is 24.6 Å². The van der Waals surface area contributed by atoms with Gasteiger partial charge in [0.05, 0.1) is 19.8 Å². The molecule has 53 heavy (non-hydrogen) atoms. The highest BCUT2D eigenvalue weighted by Crippen LogP contribution is 2.43. The van der Waals surface area contributed by atoms with Crippen LogP contribution in [0.1, 0.15) is 142 Å². The lowest BCUT2D eigenvalue weighted by Gasteiger charge is -2.20. The van der Waals surface area contributed by atoms with Crippen molar-refractivity contribution in [2.45, 2.75) is 154 Å². The lowest BCUT2D eigenvalue weighted by molar-refractivity contribution is -0.161. The first-order chi connectivity index (χ1) is 25.7. The van der Waals surface area contributed by atoms with E-state index in [1.54, 1.807) is 0 Å². The van der Waals surface area contributed by atoms with Crippen molar-refractivity contribution in [1.82, 2.24) is 0 Å². The standard InChI is InChI=1S/C42H71O10P/c1-3-5-7-9-11-13-15-17-19-21-23-25-27-29-31-33-41(45)49-37-40(38-51-53(47,48)50-36-39(44)35-43)52-42(46)34-32-30-28-26-24-22-20-18-16-14-12-10-8-6-4-2/h6,8,10,12-20,39-40,43-44H,3-5,7,9,11,21-38H2,1-2H3,(H,47,48)/b8-6+,12-10+,15-13+,16-14+,19-17+,20-18+/t39-,40+/m0/s1. The van der Waals surface area contributed by atoms with Crippen LogP contribution in [0.15, 0.2) is 72.9 Å². The second-order valence-corrected chi connectivity index (χ2v) is 14.5. The maximum absolute atomic E-state index is 12.6. The number of phosphoric ester groups is 1. The molecule has 0 aliphatic rings. The summed E-state index contributed by atoms with van der Waals surface area (Å²) >= 11 is 0. The molecule has 11 heteroatoms. The van der Waals surface area contributed by atoms with Crippen LogP contribution in [-0.2, 0) is 32.7 Å². The lowest BCUT2D eigenvalue weighted by Crippen LogP contribution is -2.29. The largest absolute Gasteiger partial charge is 0.472 e. The van der Waals surface area contributed by atoms with Crippen molar-refractivity contribution in [3.8, 4) is 0 Å². The summed E-state index contributed by atoms with van der Waals surface area (Å²) in [5, 5.41) is 18.3. The van der Waals surface area contributed by atoms with Crippen LogP contribution in [0.2, 0.25) is 0 Å². The normalized spacial score (nSPS) is 14.7. The van der Waals surface area contributed by atoms with Crippen LogP contribution in [0, 0.1) is 0 Å². The van der Waals surface area contributed by atoms with Gasteiger partial charge in [-0.25, -0.2) is 4.57 Å². The quantitative estimate of drug-likeness (QED) is 0.0243. The zero-order chi connectivity index (χ0) is 39.1. The molecule has 0 spiro atoms. The Bertz CT molecular complexity index is 1110. The second kappa shape index (κ2) is 37.7. The molecule has 0 rings (SSSR count). The van der Waals surface area contributed by atoms with Crippen molar-refractivity contribution in [2.24, 2.45) is 0 Å². The van der Waals surface area contributed by atoms with Crippen molar-refractivity contribution in [3.05, 3.63) is 72.9 Å². The molecule has 304 valence electrons. The minimum Gasteiger partial charge on any atom is -0.462 e. The van der Waals surface area contributed by atoms with E-state index in [4.69, 9.17) is 19.1 Å². The van der Waals surface area contributed by atoms with Gasteiger partial charge in [0.15, 0.2) is 6.10 Å². The Labute approximate surface area is 320 Å². The summed E-state index contributed by atoms with van der Waals surface area (Å²) in [6.45, 7) is 2.15. The summed E-state index contributed by atoms with van der Waals surface area (Å²) in [6.07, 6.45) is 41.5. The molecule has 0 aliphatic heterocycles. The molecule has 3 N–H and O–H groups in total. The molecular formula is C42H71O10P. The number of allylic oxidation sites excluding steroid dienone is 12. The number of carbonyl (C=O) groups is 2. The molecule has 0 saturated heterocycles. The number of esters is 2. The molecule has 0 aromatic heterocycles. The van der Waals surface area contributed by atoms with E-state index >= 15 is 0 Å². The van der Waals surface area contributed by atoms with Crippen LogP contribution in [0.25, 0.3) is 0 Å². The second-order valence-electron chi connectivity index (χ2n) is 13.0. The molecule has 0 radical (unpaired) electrons. The van der Waals surface area contributed by atoms with E-state index in [1.165, 1.54) is 25.7 Å². The van der Waals surface area contributed by atoms with Gasteiger partial charge >= 0.3 is 19.8 Å². The maximum Gasteiger partial charge on any atom is 0.472 e. The molecule has 3 atom stereocenters. The Morgan fingerprint density at radius 2 is 1.04 bits per heavy atom. The summed E-state index contributed by atoms with van der Waals surface area (Å²) in [6, 6.07) is 0. The lowest BCUT2D eigenvalue weighted by atomic mass is 10.1. The number of hydrogen-bond acceptors (Lipinski definition) is 9. The zero-order valence-corrected chi connectivity index (χ0v) is 33.6. The van der Waals surface area contributed by atoms with Crippen molar-refractivity contribution in [3.63, 3.8) is 0 Å². The number of aliphatic hydroxyl groups excluding tert-OH is 2. The van der Waals surface area contributed by atoms with Gasteiger partial charge in [-0.05, 0) is 57.8 Å². The van der Waals surface area contributed by atoms with E-state index < -0.39 is 51.8 Å². The highest BCUT2D eigenvalue weighted by Gasteiger charge is 2.27. The summed E-state index contributed by atoms with van der Waals surface area (Å²) < 4.78 is 32.6. The first kappa shape index (κ1) is 50.4. The SMILES string of the molecule is CC/C=C/C=C/C=C/C=C/CCCCCCCC(=O)O[C@H](COC(=O)CCCCCCC/C=C/C=C/CCCCCC)COP(=O)(O)OC[C@@H](O)CO. The third-order valence-electron chi connectivity index (χ3n) is 7.97. The minimum atomic E-state index is -4.63. The molecule has 0 heterocycles. The van der Waals surface area contributed by atoms with Gasteiger partial charge in [0.25, 0.3) is 0 Å². The summed E-state index contributed by atoms with van der Waals surface area (Å²) in [7, 11) is -4.63. The summed E-state index contributed by atoms with van der Waals surface area (Å²) in [5.74, 6) is -0.978. The van der Waals surface area contributed by atoms with E-state index in [0.717, 1.165) is 77.0 Å². The number of unbranched alkanes of at least 4 members (excludes halogenated alkanes) is 14. The smallest absolute Gasteiger partial charge is 0.462 e. The van der Waals surface area contributed by atoms with Gasteiger partial charge in [0.2, 0.25) is 0 Å². The Balaban J connectivity index is 4.44. The molecule has 0 aromatic rings. The number of phosphoric acid groups is 1. The molecule has 0 saturated carbocycles. The first-order valence-electron chi connectivity index (χ1n) is 20.0. The van der Waals surface area contributed by atoms with Crippen molar-refractivity contribution in [2.75, 3.05) is 26.4 Å². The van der Waals surface area contributed by atoms with E-state index in [9.17, 15) is 24.2 Å². The topological polar surface area (TPSA) is 149 Å². The highest BCUT2D eigenvalue weighted by molar-refractivity contribution is 7.47. The third kappa shape index (κ3) is 37.5. The molecule has 0 aliphatic carbocycles. The molecule has 0 amide bonds. The number of rotatable bonds is 36. The maximum atomic E-state index is 12.6. The van der Waals surface area contributed by atoms with E-state index in [0.29, 0.717) is 12.8 Å². The summed E-state index contributed by atoms with van der Waals surface area (Å²) in [5.41, 5.74) is 0. The minimum absolute atomic E-state index is 0.150. The van der Waals surface area contributed by atoms with Gasteiger partial charge in [0.1, 0.15) is 12.7 Å². The van der Waals surface area contributed by atoms with Gasteiger partial charge in [-0.3, -0.25) is 18.6 Å². The fraction of sp³-hybridized carbons (Fsp3) is 0.667. The predicted molar refractivity (Wildman–Crippen MR) is 214 cm³/mol. The average molecular weight is 767 g/mol. The number of aliphatic hydroxyl groups is 2. The van der Waals surface area contributed by atoms with Gasteiger partial charge in [-0.1, -0.05) is 145 Å². The van der Waals surface area contributed by atoms with Crippen LogP contribution in [0.4, 0.5) is 0 Å². The van der Waals surface area contributed by atoms with Crippen molar-refractivity contribution in [1.29, 1.82) is 0 Å². The number of carbonyl (C=O) groups excluding carboxylic acids is 2. The van der Waals surface area contributed by atoms with Crippen LogP contribution >= 0.6 is 7.82 Å². The van der Waals surface area contributed by atoms with E-state index in [1.807, 2.05) is 36.5 Å². The first-order valence-corrected chi connectivity index (χ1v) is 21.5. The molecule has 0 aromatic carbocycles. The van der Waals surface area contributed by atoms with Gasteiger partial charge in [-0.2, -0.15) is 0 Å². The Hall–Kier alpha value is -2.59. The molecule has 1 unspecified atom stereocenters. The third-order valence-corrected chi connectivity index (χ3v) is 8.92. The molecule has 10 nitrogen and oxygen atoms in total. The Morgan fingerprint density at radius 1 is 0.585 bits per heavy atom. The Morgan fingerprint density at radius 3 is 1.58 bits per heavy atom. The molecular weight excluding hydrogens is 695 g/mol. The van der Waals surface area contributed by atoms with Gasteiger partial charge in [0, 0.05) is 12.8 Å². The Kier molecular flexibility index (Phi) is 35.9. The van der Waals surface area contributed by atoms with E-state index in [2.05, 4.69) is 54.8 Å². The van der Waals surface area contributed by atoms with Crippen LogP contribution in [-0.4, -0.2) is 65.7 Å². The van der Waals surface area contributed by atoms with Crippen molar-refractivity contribution < 1.29 is 47.8 Å². The fourth-order valence-corrected chi connectivity index (χ4v) is 5.66. The monoisotopic (exact) mass is 766 g/mol. The zero-order valence-electron chi connectivity index (χ0n) is 32.7. The van der Waals surface area contributed by atoms with Gasteiger partial charge in [-0.15, -0.1) is 0 Å². The summed E-state index contributed by atoms with van der Waals surface area (Å²) in [4.78, 5) is 34.9. The molecule has 0 bridgehead atoms. The van der Waals surface area contributed by atoms with Crippen LogP contribution in [0.5, 0.6) is 0 Å². The predicted octanol–water partition coefficient (Wildman–Crippen LogP) is 10.1. The van der Waals surface area contributed by atoms with E-state index in [-0.39, 0.29) is 19.4 Å². The number of ether oxygens (including phenoxy) is 2. The fourth-order valence-electron chi connectivity index (χ4n) is 4.87. The van der Waals surface area contributed by atoms with Crippen LogP contribution < -0.4 is 0 Å².